The zero-order chi connectivity index (χ0) is 26.1. The van der Waals surface area contributed by atoms with Gasteiger partial charge in [-0.1, -0.05) is 24.3 Å². The topological polar surface area (TPSA) is 109 Å². The highest BCUT2D eigenvalue weighted by Crippen LogP contribution is 2.56. The molecule has 1 atom stereocenters. The zero-order valence-corrected chi connectivity index (χ0v) is 20.6. The van der Waals surface area contributed by atoms with Gasteiger partial charge in [0.2, 0.25) is 11.5 Å². The maximum Gasteiger partial charge on any atom is 0.208 e. The Labute approximate surface area is 214 Å². The number of fused-ring (bicyclic) bond motifs is 2. The van der Waals surface area contributed by atoms with Crippen molar-refractivity contribution in [2.75, 3.05) is 14.2 Å². The molecule has 1 aliphatic heterocycles. The number of phenolic OH excluding ortho intramolecular Hbond substituents is 4. The Kier molecular flexibility index (Phi) is 6.44. The van der Waals surface area contributed by atoms with Crippen molar-refractivity contribution in [1.29, 1.82) is 0 Å². The molecule has 4 aromatic carbocycles. The summed E-state index contributed by atoms with van der Waals surface area (Å²) >= 11 is 0. The molecule has 7 heteroatoms. The van der Waals surface area contributed by atoms with Gasteiger partial charge in [-0.15, -0.1) is 0 Å². The third-order valence-electron chi connectivity index (χ3n) is 6.79. The Hall–Kier alpha value is -4.52. The summed E-state index contributed by atoms with van der Waals surface area (Å²) in [6.07, 6.45) is 1.86. The van der Waals surface area contributed by atoms with E-state index in [4.69, 9.17) is 14.2 Å². The zero-order valence-electron chi connectivity index (χ0n) is 20.6. The highest BCUT2D eigenvalue weighted by molar-refractivity contribution is 5.69. The van der Waals surface area contributed by atoms with Crippen LogP contribution < -0.4 is 14.2 Å². The fourth-order valence-electron chi connectivity index (χ4n) is 4.96. The number of hydrogen-bond acceptors (Lipinski definition) is 7. The first-order valence-corrected chi connectivity index (χ1v) is 11.9. The molecule has 0 aliphatic carbocycles. The summed E-state index contributed by atoms with van der Waals surface area (Å²) < 4.78 is 16.9. The maximum absolute atomic E-state index is 10.6. The molecule has 0 bridgehead atoms. The van der Waals surface area contributed by atoms with E-state index in [2.05, 4.69) is 0 Å². The van der Waals surface area contributed by atoms with Crippen molar-refractivity contribution in [3.05, 3.63) is 94.5 Å². The Morgan fingerprint density at radius 3 is 2.14 bits per heavy atom. The minimum absolute atomic E-state index is 0.0365. The molecular weight excluding hydrogens is 472 g/mol. The second-order valence-electron chi connectivity index (χ2n) is 9.09. The predicted molar refractivity (Wildman–Crippen MR) is 139 cm³/mol. The lowest BCUT2D eigenvalue weighted by Crippen LogP contribution is -2.16. The van der Waals surface area contributed by atoms with E-state index in [0.29, 0.717) is 36.3 Å². The smallest absolute Gasteiger partial charge is 0.208 e. The molecule has 0 saturated carbocycles. The molecule has 0 spiro atoms. The molecule has 5 rings (SSSR count). The summed E-state index contributed by atoms with van der Waals surface area (Å²) in [5, 5.41) is 41.1. The fraction of sp³-hybridized carbons (Fsp3) is 0.200. The van der Waals surface area contributed by atoms with E-state index in [1.807, 2.05) is 36.4 Å². The van der Waals surface area contributed by atoms with Crippen LogP contribution in [-0.4, -0.2) is 34.6 Å². The molecule has 190 valence electrons. The van der Waals surface area contributed by atoms with Crippen molar-refractivity contribution in [2.45, 2.75) is 25.2 Å². The fourth-order valence-corrected chi connectivity index (χ4v) is 4.96. The van der Waals surface area contributed by atoms with Gasteiger partial charge >= 0.3 is 0 Å². The first-order valence-electron chi connectivity index (χ1n) is 11.9. The van der Waals surface area contributed by atoms with Gasteiger partial charge in [-0.25, -0.2) is 0 Å². The van der Waals surface area contributed by atoms with Crippen LogP contribution in [0.4, 0.5) is 0 Å². The third kappa shape index (κ3) is 4.68. The number of methoxy groups -OCH3 is 2. The van der Waals surface area contributed by atoms with E-state index >= 15 is 0 Å². The Morgan fingerprint density at radius 1 is 0.757 bits per heavy atom. The normalized spacial score (nSPS) is 13.8. The molecule has 4 N–H and O–H groups in total. The molecule has 0 saturated heterocycles. The third-order valence-corrected chi connectivity index (χ3v) is 6.79. The largest absolute Gasteiger partial charge is 0.508 e. The number of rotatable bonds is 7. The molecule has 0 aromatic heterocycles. The lowest BCUT2D eigenvalue weighted by molar-refractivity contribution is 0.324. The van der Waals surface area contributed by atoms with Crippen molar-refractivity contribution in [2.24, 2.45) is 0 Å². The van der Waals surface area contributed by atoms with Crippen LogP contribution in [0.15, 0.2) is 66.7 Å². The van der Waals surface area contributed by atoms with Gasteiger partial charge in [-0.2, -0.15) is 0 Å². The molecule has 37 heavy (non-hydrogen) atoms. The van der Waals surface area contributed by atoms with Gasteiger partial charge in [-0.3, -0.25) is 0 Å². The number of benzene rings is 4. The number of aromatic hydroxyl groups is 4. The number of hydrogen-bond donors (Lipinski definition) is 4. The highest BCUT2D eigenvalue weighted by atomic mass is 16.5. The Balaban J connectivity index is 1.62. The second-order valence-corrected chi connectivity index (χ2v) is 9.09. The molecule has 1 aliphatic rings. The van der Waals surface area contributed by atoms with Crippen LogP contribution in [0.5, 0.6) is 46.0 Å². The average molecular weight is 501 g/mol. The van der Waals surface area contributed by atoms with E-state index in [-0.39, 0.29) is 28.9 Å². The summed E-state index contributed by atoms with van der Waals surface area (Å²) in [5.74, 6) is 0.868. The van der Waals surface area contributed by atoms with E-state index < -0.39 is 5.75 Å². The molecular formula is C30H28O7. The Morgan fingerprint density at radius 2 is 1.46 bits per heavy atom. The van der Waals surface area contributed by atoms with Gasteiger partial charge in [0.25, 0.3) is 0 Å². The molecule has 0 amide bonds. The Bertz CT molecular complexity index is 1430. The van der Waals surface area contributed by atoms with Crippen molar-refractivity contribution in [3.63, 3.8) is 0 Å². The number of phenols is 4. The summed E-state index contributed by atoms with van der Waals surface area (Å²) in [5.41, 5.74) is 4.55. The second kappa shape index (κ2) is 9.85. The lowest BCUT2D eigenvalue weighted by Gasteiger charge is -2.32. The monoisotopic (exact) mass is 500 g/mol. The maximum atomic E-state index is 10.6. The van der Waals surface area contributed by atoms with Crippen molar-refractivity contribution < 1.29 is 34.6 Å². The van der Waals surface area contributed by atoms with Crippen LogP contribution in [0.25, 0.3) is 0 Å². The molecule has 7 nitrogen and oxygen atoms in total. The standard InChI is InChI=1S/C30H28O7/c1-35-22-11-6-18(7-12-22)13-23-24-16-25(33)28(34)30(36-2)29(24)37-26-15-21(32)14-19(27(23)26)8-3-17-4-9-20(31)10-5-17/h4-7,9-12,14-16,23,31-34H,3,8,13H2,1-2H3/t23-/m1/s1. The van der Waals surface area contributed by atoms with Crippen LogP contribution in [0, 0.1) is 0 Å². The molecule has 4 aromatic rings. The van der Waals surface area contributed by atoms with Gasteiger partial charge in [0.05, 0.1) is 14.2 Å². The van der Waals surface area contributed by atoms with Gasteiger partial charge in [-0.05, 0) is 72.4 Å². The van der Waals surface area contributed by atoms with Crippen LogP contribution in [0.3, 0.4) is 0 Å². The molecule has 0 radical (unpaired) electrons. The average Bonchev–Trinajstić information content (AvgIpc) is 2.89. The van der Waals surface area contributed by atoms with Gasteiger partial charge in [0.15, 0.2) is 11.5 Å². The summed E-state index contributed by atoms with van der Waals surface area (Å²) in [4.78, 5) is 0. The molecule has 0 unspecified atom stereocenters. The van der Waals surface area contributed by atoms with E-state index in [1.165, 1.54) is 13.2 Å². The number of ether oxygens (including phenoxy) is 3. The minimum Gasteiger partial charge on any atom is -0.508 e. The van der Waals surface area contributed by atoms with Gasteiger partial charge in [0, 0.05) is 23.1 Å². The van der Waals surface area contributed by atoms with E-state index in [0.717, 1.165) is 28.0 Å². The molecule has 1 heterocycles. The molecule has 0 fully saturated rings. The first kappa shape index (κ1) is 24.2. The highest BCUT2D eigenvalue weighted by Gasteiger charge is 2.35. The summed E-state index contributed by atoms with van der Waals surface area (Å²) in [6, 6.07) is 19.6. The van der Waals surface area contributed by atoms with Gasteiger partial charge in [0.1, 0.15) is 23.0 Å². The van der Waals surface area contributed by atoms with Crippen LogP contribution in [-0.2, 0) is 19.3 Å². The summed E-state index contributed by atoms with van der Waals surface area (Å²) in [6.45, 7) is 0. The lowest BCUT2D eigenvalue weighted by atomic mass is 9.79. The van der Waals surface area contributed by atoms with E-state index in [9.17, 15) is 20.4 Å². The van der Waals surface area contributed by atoms with Crippen LogP contribution in [0.1, 0.15) is 33.7 Å². The predicted octanol–water partition coefficient (Wildman–Crippen LogP) is 5.79. The number of aryl methyl sites for hydroxylation is 2. The van der Waals surface area contributed by atoms with Crippen molar-refractivity contribution in [1.82, 2.24) is 0 Å². The first-order chi connectivity index (χ1) is 17.9. The quantitative estimate of drug-likeness (QED) is 0.238. The van der Waals surface area contributed by atoms with Crippen molar-refractivity contribution >= 4 is 0 Å². The van der Waals surface area contributed by atoms with Crippen molar-refractivity contribution in [3.8, 4) is 46.0 Å². The SMILES string of the molecule is COc1ccc(C[C@@H]2c3cc(O)c(O)c(OC)c3Oc3cc(O)cc(CCc4ccc(O)cc4)c32)cc1. The minimum atomic E-state index is -0.402. The summed E-state index contributed by atoms with van der Waals surface area (Å²) in [7, 11) is 3.02. The van der Waals surface area contributed by atoms with Crippen LogP contribution in [0.2, 0.25) is 0 Å². The van der Waals surface area contributed by atoms with E-state index in [1.54, 1.807) is 31.4 Å². The van der Waals surface area contributed by atoms with Gasteiger partial charge < -0.3 is 34.6 Å². The van der Waals surface area contributed by atoms with Crippen LogP contribution >= 0.6 is 0 Å².